The van der Waals surface area contributed by atoms with Crippen molar-refractivity contribution in [1.29, 1.82) is 0 Å². The molecule has 0 aliphatic rings. The van der Waals surface area contributed by atoms with Gasteiger partial charge in [0.1, 0.15) is 0 Å². The molecule has 0 saturated heterocycles. The number of halogens is 1. The fraction of sp³-hybridized carbons (Fsp3) is 0.417. The second-order valence-electron chi connectivity index (χ2n) is 3.95. The first-order valence-electron chi connectivity index (χ1n) is 5.22. The number of aryl methyl sites for hydroxylation is 1. The fourth-order valence-electron chi connectivity index (χ4n) is 1.37. The van der Waals surface area contributed by atoms with Gasteiger partial charge in [-0.1, -0.05) is 15.9 Å². The number of carbonyl (C=O) groups is 1. The van der Waals surface area contributed by atoms with Crippen molar-refractivity contribution in [2.45, 2.75) is 32.8 Å². The molecule has 0 fully saturated rings. The van der Waals surface area contributed by atoms with Crippen LogP contribution >= 0.6 is 15.9 Å². The molecule has 0 spiro atoms. The van der Waals surface area contributed by atoms with Crippen LogP contribution in [0.1, 0.15) is 25.3 Å². The van der Waals surface area contributed by atoms with E-state index in [0.717, 1.165) is 15.7 Å². The van der Waals surface area contributed by atoms with Crippen molar-refractivity contribution >= 4 is 27.5 Å². The van der Waals surface area contributed by atoms with Crippen LogP contribution in [0.5, 0.6) is 0 Å². The number of rotatable bonds is 4. The fourth-order valence-corrected chi connectivity index (χ4v) is 1.98. The minimum Gasteiger partial charge on any atom is -0.393 e. The summed E-state index contributed by atoms with van der Waals surface area (Å²) < 4.78 is 0.943. The molecule has 2 N–H and O–H groups in total. The maximum atomic E-state index is 11.5. The first kappa shape index (κ1) is 13.2. The summed E-state index contributed by atoms with van der Waals surface area (Å²) in [7, 11) is 0. The monoisotopic (exact) mass is 285 g/mol. The molecular weight excluding hydrogens is 270 g/mol. The van der Waals surface area contributed by atoms with Gasteiger partial charge >= 0.3 is 0 Å². The summed E-state index contributed by atoms with van der Waals surface area (Å²) in [6.07, 6.45) is 0.386. The molecule has 1 rings (SSSR count). The third-order valence-corrected chi connectivity index (χ3v) is 2.57. The molecule has 0 heterocycles. The molecular formula is C12H16BrNO2. The van der Waals surface area contributed by atoms with Gasteiger partial charge in [0.05, 0.1) is 6.10 Å². The number of aliphatic hydroxyl groups excluding tert-OH is 1. The highest BCUT2D eigenvalue weighted by atomic mass is 79.9. The van der Waals surface area contributed by atoms with Crippen LogP contribution in [0, 0.1) is 6.92 Å². The Bertz CT molecular complexity index is 357. The minimum atomic E-state index is -0.435. The van der Waals surface area contributed by atoms with Gasteiger partial charge in [0.2, 0.25) is 5.91 Å². The highest BCUT2D eigenvalue weighted by molar-refractivity contribution is 9.10. The predicted octanol–water partition coefficient (Wildman–Crippen LogP) is 2.86. The van der Waals surface area contributed by atoms with E-state index in [1.54, 1.807) is 6.92 Å². The topological polar surface area (TPSA) is 49.3 Å². The zero-order valence-electron chi connectivity index (χ0n) is 9.46. The summed E-state index contributed by atoms with van der Waals surface area (Å²) in [5, 5.41) is 11.9. The maximum Gasteiger partial charge on any atom is 0.224 e. The van der Waals surface area contributed by atoms with Gasteiger partial charge in [0.25, 0.3) is 0 Å². The van der Waals surface area contributed by atoms with Crippen LogP contribution in [0.25, 0.3) is 0 Å². The lowest BCUT2D eigenvalue weighted by Gasteiger charge is -2.07. The molecule has 4 heteroatoms. The molecule has 0 aliphatic carbocycles. The Morgan fingerprint density at radius 3 is 2.75 bits per heavy atom. The molecule has 1 aromatic carbocycles. The SMILES string of the molecule is Cc1cc(Br)cc(NC(=O)CCC(C)O)c1. The zero-order chi connectivity index (χ0) is 12.1. The number of hydrogen-bond acceptors (Lipinski definition) is 2. The smallest absolute Gasteiger partial charge is 0.224 e. The molecule has 0 bridgehead atoms. The summed E-state index contributed by atoms with van der Waals surface area (Å²) >= 11 is 3.37. The third-order valence-electron chi connectivity index (χ3n) is 2.12. The average Bonchev–Trinajstić information content (AvgIpc) is 2.12. The van der Waals surface area contributed by atoms with Crippen LogP contribution in [0.3, 0.4) is 0 Å². The summed E-state index contributed by atoms with van der Waals surface area (Å²) in [6.45, 7) is 3.65. The Hall–Kier alpha value is -0.870. The van der Waals surface area contributed by atoms with Crippen molar-refractivity contribution in [3.63, 3.8) is 0 Å². The Morgan fingerprint density at radius 2 is 2.19 bits per heavy atom. The largest absolute Gasteiger partial charge is 0.393 e. The van der Waals surface area contributed by atoms with Gasteiger partial charge < -0.3 is 10.4 Å². The van der Waals surface area contributed by atoms with Crippen molar-refractivity contribution in [3.05, 3.63) is 28.2 Å². The van der Waals surface area contributed by atoms with Crippen LogP contribution in [-0.2, 0) is 4.79 Å². The van der Waals surface area contributed by atoms with E-state index in [-0.39, 0.29) is 5.91 Å². The molecule has 1 atom stereocenters. The van der Waals surface area contributed by atoms with E-state index in [0.29, 0.717) is 12.8 Å². The van der Waals surface area contributed by atoms with Crippen LogP contribution in [0.15, 0.2) is 22.7 Å². The lowest BCUT2D eigenvalue weighted by Crippen LogP contribution is -2.14. The summed E-state index contributed by atoms with van der Waals surface area (Å²) in [4.78, 5) is 11.5. The zero-order valence-corrected chi connectivity index (χ0v) is 11.0. The summed E-state index contributed by atoms with van der Waals surface area (Å²) in [5.41, 5.74) is 1.86. The highest BCUT2D eigenvalue weighted by Gasteiger charge is 2.05. The lowest BCUT2D eigenvalue weighted by atomic mass is 10.2. The summed E-state index contributed by atoms with van der Waals surface area (Å²) in [5.74, 6) is -0.0709. The number of aliphatic hydroxyl groups is 1. The molecule has 0 aromatic heterocycles. The number of benzene rings is 1. The van der Waals surface area contributed by atoms with Gasteiger partial charge in [-0.05, 0) is 44.0 Å². The van der Waals surface area contributed by atoms with E-state index in [1.165, 1.54) is 0 Å². The van der Waals surface area contributed by atoms with Crippen molar-refractivity contribution in [2.75, 3.05) is 5.32 Å². The van der Waals surface area contributed by atoms with Crippen molar-refractivity contribution in [2.24, 2.45) is 0 Å². The van der Waals surface area contributed by atoms with E-state index in [2.05, 4.69) is 21.2 Å². The van der Waals surface area contributed by atoms with E-state index < -0.39 is 6.10 Å². The molecule has 1 aromatic rings. The third kappa shape index (κ3) is 4.77. The van der Waals surface area contributed by atoms with Crippen molar-refractivity contribution in [1.82, 2.24) is 0 Å². The van der Waals surface area contributed by atoms with Crippen molar-refractivity contribution in [3.8, 4) is 0 Å². The van der Waals surface area contributed by atoms with E-state index in [1.807, 2.05) is 25.1 Å². The number of hydrogen-bond donors (Lipinski definition) is 2. The van der Waals surface area contributed by atoms with Crippen LogP contribution in [0.4, 0.5) is 5.69 Å². The average molecular weight is 286 g/mol. The maximum absolute atomic E-state index is 11.5. The first-order valence-corrected chi connectivity index (χ1v) is 6.02. The Labute approximate surface area is 104 Å². The second kappa shape index (κ2) is 6.01. The van der Waals surface area contributed by atoms with Crippen molar-refractivity contribution < 1.29 is 9.90 Å². The predicted molar refractivity (Wildman–Crippen MR) is 68.4 cm³/mol. The molecule has 0 saturated carbocycles. The van der Waals surface area contributed by atoms with Crippen LogP contribution in [0.2, 0.25) is 0 Å². The molecule has 1 amide bonds. The highest BCUT2D eigenvalue weighted by Crippen LogP contribution is 2.19. The minimum absolute atomic E-state index is 0.0709. The van der Waals surface area contributed by atoms with Gasteiger partial charge in [-0.3, -0.25) is 4.79 Å². The summed E-state index contributed by atoms with van der Waals surface area (Å²) in [6, 6.07) is 5.74. The van der Waals surface area contributed by atoms with Gasteiger partial charge in [0, 0.05) is 16.6 Å². The van der Waals surface area contributed by atoms with Crippen LogP contribution < -0.4 is 5.32 Å². The number of amides is 1. The van der Waals surface area contributed by atoms with E-state index in [4.69, 9.17) is 5.11 Å². The van der Waals surface area contributed by atoms with Gasteiger partial charge in [0.15, 0.2) is 0 Å². The van der Waals surface area contributed by atoms with Gasteiger partial charge in [-0.15, -0.1) is 0 Å². The standard InChI is InChI=1S/C12H16BrNO2/c1-8-5-10(13)7-11(6-8)14-12(16)4-3-9(2)15/h5-7,9,15H,3-4H2,1-2H3,(H,14,16). The molecule has 88 valence electrons. The normalized spacial score (nSPS) is 12.2. The first-order chi connectivity index (χ1) is 7.47. The van der Waals surface area contributed by atoms with Gasteiger partial charge in [-0.2, -0.15) is 0 Å². The number of nitrogens with one attached hydrogen (secondary N) is 1. The number of anilines is 1. The Kier molecular flexibility index (Phi) is 4.96. The molecule has 0 aliphatic heterocycles. The lowest BCUT2D eigenvalue weighted by molar-refractivity contribution is -0.116. The quantitative estimate of drug-likeness (QED) is 0.894. The Morgan fingerprint density at radius 1 is 1.50 bits per heavy atom. The van der Waals surface area contributed by atoms with Gasteiger partial charge in [-0.25, -0.2) is 0 Å². The molecule has 16 heavy (non-hydrogen) atoms. The Balaban J connectivity index is 2.56. The molecule has 1 unspecified atom stereocenters. The van der Waals surface area contributed by atoms with E-state index in [9.17, 15) is 4.79 Å². The van der Waals surface area contributed by atoms with E-state index >= 15 is 0 Å². The molecule has 0 radical (unpaired) electrons. The molecule has 3 nitrogen and oxygen atoms in total. The second-order valence-corrected chi connectivity index (χ2v) is 4.87. The number of carbonyl (C=O) groups excluding carboxylic acids is 1. The van der Waals surface area contributed by atoms with Crippen LogP contribution in [-0.4, -0.2) is 17.1 Å².